The van der Waals surface area contributed by atoms with Crippen LogP contribution < -0.4 is 11.1 Å². The highest BCUT2D eigenvalue weighted by molar-refractivity contribution is 5.98. The number of nitrogens with two attached hydrogens (primary N) is 1. The van der Waals surface area contributed by atoms with E-state index in [1.165, 1.54) is 36.7 Å². The average Bonchev–Trinajstić information content (AvgIpc) is 3.33. The van der Waals surface area contributed by atoms with E-state index in [-0.39, 0.29) is 29.9 Å². The highest BCUT2D eigenvalue weighted by Crippen LogP contribution is 2.34. The Morgan fingerprint density at radius 3 is 2.77 bits per heavy atom. The fourth-order valence-corrected chi connectivity index (χ4v) is 4.93. The van der Waals surface area contributed by atoms with Crippen molar-refractivity contribution in [3.8, 4) is 11.3 Å². The number of nitrogen functional groups attached to an aromatic ring is 1. The number of aryl methyl sites for hydroxylation is 1. The molecule has 2 aromatic heterocycles. The van der Waals surface area contributed by atoms with E-state index >= 15 is 4.39 Å². The van der Waals surface area contributed by atoms with Gasteiger partial charge in [-0.05, 0) is 55.7 Å². The Balaban J connectivity index is 1.43. The van der Waals surface area contributed by atoms with Gasteiger partial charge in [0.25, 0.3) is 5.91 Å². The molecule has 0 spiro atoms. The molecule has 2 aromatic carbocycles. The molecule has 4 aromatic rings. The summed E-state index contributed by atoms with van der Waals surface area (Å²) in [5.74, 6) is -1.34. The lowest BCUT2D eigenvalue weighted by Crippen LogP contribution is -2.40. The second-order valence-electron chi connectivity index (χ2n) is 9.48. The minimum atomic E-state index is -0.540. The van der Waals surface area contributed by atoms with Crippen molar-refractivity contribution in [2.45, 2.75) is 32.4 Å². The molecule has 1 atom stereocenters. The lowest BCUT2D eigenvalue weighted by Gasteiger charge is -2.32. The predicted octanol–water partition coefficient (Wildman–Crippen LogP) is 3.94. The van der Waals surface area contributed by atoms with Gasteiger partial charge in [0.15, 0.2) is 5.65 Å². The molecule has 200 valence electrons. The summed E-state index contributed by atoms with van der Waals surface area (Å²) in [6.45, 7) is 6.22. The minimum absolute atomic E-state index is 0.0581. The molecule has 0 aliphatic carbocycles. The van der Waals surface area contributed by atoms with Crippen molar-refractivity contribution in [2.24, 2.45) is 0 Å². The zero-order valence-electron chi connectivity index (χ0n) is 21.3. The number of hydrogen-bond donors (Lipinski definition) is 2. The van der Waals surface area contributed by atoms with Crippen LogP contribution in [-0.2, 0) is 11.3 Å². The largest absolute Gasteiger partial charge is 0.383 e. The molecule has 0 unspecified atom stereocenters. The summed E-state index contributed by atoms with van der Waals surface area (Å²) >= 11 is 0. The van der Waals surface area contributed by atoms with Crippen LogP contribution in [0.4, 0.5) is 14.6 Å². The van der Waals surface area contributed by atoms with Gasteiger partial charge < -0.3 is 16.0 Å². The highest BCUT2D eigenvalue weighted by atomic mass is 19.1. The van der Waals surface area contributed by atoms with Gasteiger partial charge in [-0.1, -0.05) is 18.7 Å². The Morgan fingerprint density at radius 1 is 1.21 bits per heavy atom. The Kier molecular flexibility index (Phi) is 7.05. The third kappa shape index (κ3) is 5.07. The number of piperidine rings is 1. The quantitative estimate of drug-likeness (QED) is 0.364. The molecule has 11 heteroatoms. The lowest BCUT2D eigenvalue weighted by molar-refractivity contribution is -0.127. The number of nitrogens with zero attached hydrogens (tertiary/aromatic N) is 5. The van der Waals surface area contributed by atoms with Crippen molar-refractivity contribution in [2.75, 3.05) is 18.8 Å². The summed E-state index contributed by atoms with van der Waals surface area (Å²) in [4.78, 5) is 35.0. The van der Waals surface area contributed by atoms with Crippen molar-refractivity contribution in [3.05, 3.63) is 83.7 Å². The van der Waals surface area contributed by atoms with Crippen molar-refractivity contribution in [3.63, 3.8) is 0 Å². The monoisotopic (exact) mass is 531 g/mol. The first-order valence-corrected chi connectivity index (χ1v) is 12.5. The maximum atomic E-state index is 15.2. The molecular weight excluding hydrogens is 504 g/mol. The van der Waals surface area contributed by atoms with Gasteiger partial charge in [-0.3, -0.25) is 9.59 Å². The molecule has 5 rings (SSSR count). The Bertz CT molecular complexity index is 1600. The van der Waals surface area contributed by atoms with E-state index in [9.17, 15) is 14.0 Å². The summed E-state index contributed by atoms with van der Waals surface area (Å²) in [7, 11) is 0. The van der Waals surface area contributed by atoms with Crippen molar-refractivity contribution in [1.82, 2.24) is 30.0 Å². The maximum Gasteiger partial charge on any atom is 0.251 e. The van der Waals surface area contributed by atoms with Crippen LogP contribution >= 0.6 is 0 Å². The number of nitrogens with one attached hydrogen (secondary N) is 1. The Hall–Kier alpha value is -4.67. The predicted molar refractivity (Wildman–Crippen MR) is 142 cm³/mol. The van der Waals surface area contributed by atoms with Crippen molar-refractivity contribution in [1.29, 1.82) is 0 Å². The number of carbonyl (C=O) groups excluding carboxylic acids is 2. The summed E-state index contributed by atoms with van der Waals surface area (Å²) in [5.41, 5.74) is 8.68. The van der Waals surface area contributed by atoms with Crippen LogP contribution in [0.3, 0.4) is 0 Å². The Morgan fingerprint density at radius 2 is 2.03 bits per heavy atom. The van der Waals surface area contributed by atoms with Crippen LogP contribution in [-0.4, -0.2) is 49.6 Å². The third-order valence-electron chi connectivity index (χ3n) is 6.95. The summed E-state index contributed by atoms with van der Waals surface area (Å²) in [6, 6.07) is 8.31. The van der Waals surface area contributed by atoms with Gasteiger partial charge in [-0.25, -0.2) is 23.4 Å². The molecule has 1 aliphatic rings. The first-order valence-electron chi connectivity index (χ1n) is 12.5. The smallest absolute Gasteiger partial charge is 0.251 e. The van der Waals surface area contributed by atoms with E-state index < -0.39 is 17.5 Å². The first kappa shape index (κ1) is 26.0. The van der Waals surface area contributed by atoms with Crippen molar-refractivity contribution >= 4 is 28.7 Å². The minimum Gasteiger partial charge on any atom is -0.383 e. The molecule has 1 fully saturated rings. The highest BCUT2D eigenvalue weighted by Gasteiger charge is 2.28. The number of carbonyl (C=O) groups is 2. The molecule has 0 bridgehead atoms. The lowest BCUT2D eigenvalue weighted by atomic mass is 10.1. The molecule has 1 aliphatic heterocycles. The van der Waals surface area contributed by atoms with Crippen LogP contribution in [0.15, 0.2) is 55.4 Å². The van der Waals surface area contributed by atoms with Crippen LogP contribution in [0.25, 0.3) is 22.3 Å². The van der Waals surface area contributed by atoms with Gasteiger partial charge in [0.05, 0.1) is 11.4 Å². The van der Waals surface area contributed by atoms with E-state index in [2.05, 4.69) is 21.9 Å². The first-order chi connectivity index (χ1) is 18.8. The number of benzene rings is 2. The third-order valence-corrected chi connectivity index (χ3v) is 6.95. The number of hydrogen-bond acceptors (Lipinski definition) is 6. The summed E-state index contributed by atoms with van der Waals surface area (Å²) < 4.78 is 30.3. The summed E-state index contributed by atoms with van der Waals surface area (Å²) in [5, 5.41) is 7.94. The van der Waals surface area contributed by atoms with E-state index in [0.29, 0.717) is 46.5 Å². The molecule has 3 heterocycles. The number of likely N-dealkylation sites (tertiary alicyclic amines) is 1. The normalized spacial score (nSPS) is 15.4. The zero-order valence-corrected chi connectivity index (χ0v) is 21.3. The van der Waals surface area contributed by atoms with Crippen LogP contribution in [0.2, 0.25) is 0 Å². The number of halogens is 2. The van der Waals surface area contributed by atoms with Gasteiger partial charge in [-0.15, -0.1) is 0 Å². The van der Waals surface area contributed by atoms with Gasteiger partial charge >= 0.3 is 0 Å². The molecule has 9 nitrogen and oxygen atoms in total. The topological polar surface area (TPSA) is 119 Å². The standard InChI is InChI=1S/C28H27F2N7O2/c1-3-23(38)36-10-4-5-20(14-36)37-27-24(26(31)33-15-34-27)25(35-37)17-6-7-18(22(30)12-17)13-32-28(39)21-9-8-19(29)11-16(21)2/h3,6-9,11-12,15,20H,1,4-5,10,13-14H2,2H3,(H,32,39)(H2,31,33,34)/t20-/m1/s1. The van der Waals surface area contributed by atoms with Gasteiger partial charge in [-0.2, -0.15) is 5.10 Å². The number of anilines is 1. The maximum absolute atomic E-state index is 15.2. The van der Waals surface area contributed by atoms with Crippen LogP contribution in [0, 0.1) is 18.6 Å². The number of fused-ring (bicyclic) bond motifs is 1. The Labute approximate surface area is 223 Å². The van der Waals surface area contributed by atoms with Crippen molar-refractivity contribution < 1.29 is 18.4 Å². The van der Waals surface area contributed by atoms with E-state index in [1.807, 2.05) is 0 Å². The van der Waals surface area contributed by atoms with E-state index in [1.54, 1.807) is 28.6 Å². The SMILES string of the molecule is C=CC(=O)N1CCC[C@@H](n2nc(-c3ccc(CNC(=O)c4ccc(F)cc4C)c(F)c3)c3c(N)ncnc32)C1. The molecule has 1 saturated heterocycles. The van der Waals surface area contributed by atoms with Gasteiger partial charge in [0, 0.05) is 36.3 Å². The second-order valence-corrected chi connectivity index (χ2v) is 9.48. The molecule has 3 N–H and O–H groups in total. The fraction of sp³-hybridized carbons (Fsp3) is 0.250. The number of aromatic nitrogens is 4. The molecular formula is C28H27F2N7O2. The zero-order chi connectivity index (χ0) is 27.7. The molecule has 0 radical (unpaired) electrons. The van der Waals surface area contributed by atoms with Gasteiger partial charge in [0.2, 0.25) is 5.91 Å². The number of rotatable bonds is 6. The molecule has 2 amide bonds. The van der Waals surface area contributed by atoms with Crippen LogP contribution in [0.5, 0.6) is 0 Å². The summed E-state index contributed by atoms with van der Waals surface area (Å²) in [6.07, 6.45) is 4.21. The second kappa shape index (κ2) is 10.6. The van der Waals surface area contributed by atoms with Gasteiger partial charge in [0.1, 0.15) is 29.5 Å². The molecule has 39 heavy (non-hydrogen) atoms. The fourth-order valence-electron chi connectivity index (χ4n) is 4.93. The molecule has 0 saturated carbocycles. The number of amides is 2. The van der Waals surface area contributed by atoms with E-state index in [4.69, 9.17) is 10.8 Å². The van der Waals surface area contributed by atoms with Crippen LogP contribution in [0.1, 0.15) is 40.4 Å². The average molecular weight is 532 g/mol. The van der Waals surface area contributed by atoms with E-state index in [0.717, 1.165) is 12.8 Å².